The molecule has 1 aromatic heterocycles. The molecule has 0 aliphatic carbocycles. The molecule has 3 heteroatoms. The number of aryl methyl sites for hydroxylation is 1. The molecule has 2 heterocycles. The van der Waals surface area contributed by atoms with E-state index >= 15 is 0 Å². The van der Waals surface area contributed by atoms with Gasteiger partial charge in [-0.25, -0.2) is 0 Å². The zero-order valence-electron chi connectivity index (χ0n) is 8.90. The van der Waals surface area contributed by atoms with Gasteiger partial charge in [0.15, 0.2) is 0 Å². The largest absolute Gasteiger partial charge is 0.392 e. The lowest BCUT2D eigenvalue weighted by Crippen LogP contribution is -2.36. The minimum atomic E-state index is -0.225. The lowest BCUT2D eigenvalue weighted by atomic mass is 10.1. The van der Waals surface area contributed by atoms with E-state index in [1.54, 1.807) is 0 Å². The smallest absolute Gasteiger partial charge is 0.0639 e. The van der Waals surface area contributed by atoms with Gasteiger partial charge in [0.05, 0.1) is 6.10 Å². The van der Waals surface area contributed by atoms with Crippen LogP contribution >= 0.6 is 0 Å². The van der Waals surface area contributed by atoms with Crippen molar-refractivity contribution in [3.63, 3.8) is 0 Å². The van der Waals surface area contributed by atoms with E-state index in [0.29, 0.717) is 0 Å². The molecule has 1 aromatic rings. The van der Waals surface area contributed by atoms with E-state index in [1.165, 1.54) is 11.3 Å². The second-order valence-electron chi connectivity index (χ2n) is 4.23. The number of fused-ring (bicyclic) bond motifs is 1. The van der Waals surface area contributed by atoms with Gasteiger partial charge in [-0.1, -0.05) is 0 Å². The maximum Gasteiger partial charge on any atom is 0.0639 e. The Balaban J connectivity index is 2.08. The summed E-state index contributed by atoms with van der Waals surface area (Å²) in [6.07, 6.45) is 3.01. The highest BCUT2D eigenvalue weighted by Crippen LogP contribution is 2.19. The lowest BCUT2D eigenvalue weighted by molar-refractivity contribution is 0.117. The molecule has 0 radical (unpaired) electrons. The zero-order valence-corrected chi connectivity index (χ0v) is 8.90. The van der Waals surface area contributed by atoms with Crippen molar-refractivity contribution in [2.24, 2.45) is 7.05 Å². The Morgan fingerprint density at radius 3 is 3.07 bits per heavy atom. The van der Waals surface area contributed by atoms with Crippen molar-refractivity contribution in [1.29, 1.82) is 0 Å². The molecule has 1 atom stereocenters. The SMILES string of the molecule is CC(O)CN1CCc2ccn(C)c2C1. The van der Waals surface area contributed by atoms with Crippen molar-refractivity contribution in [2.45, 2.75) is 26.0 Å². The fourth-order valence-electron chi connectivity index (χ4n) is 2.15. The molecule has 0 saturated carbocycles. The van der Waals surface area contributed by atoms with Gasteiger partial charge in [-0.15, -0.1) is 0 Å². The van der Waals surface area contributed by atoms with Crippen molar-refractivity contribution >= 4 is 0 Å². The molecule has 0 spiro atoms. The number of rotatable bonds is 2. The van der Waals surface area contributed by atoms with Gasteiger partial charge in [0.1, 0.15) is 0 Å². The molecule has 14 heavy (non-hydrogen) atoms. The van der Waals surface area contributed by atoms with Crippen LogP contribution in [-0.2, 0) is 20.0 Å². The van der Waals surface area contributed by atoms with Crippen LogP contribution in [0.15, 0.2) is 12.3 Å². The van der Waals surface area contributed by atoms with Crippen LogP contribution < -0.4 is 0 Å². The predicted molar refractivity (Wildman–Crippen MR) is 56.1 cm³/mol. The summed E-state index contributed by atoms with van der Waals surface area (Å²) in [4.78, 5) is 2.31. The average Bonchev–Trinajstić information content (AvgIpc) is 2.47. The molecule has 0 fully saturated rings. The Labute approximate surface area is 85.0 Å². The van der Waals surface area contributed by atoms with Gasteiger partial charge in [0.25, 0.3) is 0 Å². The molecule has 0 aromatic carbocycles. The molecule has 78 valence electrons. The van der Waals surface area contributed by atoms with Crippen molar-refractivity contribution in [1.82, 2.24) is 9.47 Å². The fourth-order valence-corrected chi connectivity index (χ4v) is 2.15. The average molecular weight is 194 g/mol. The lowest BCUT2D eigenvalue weighted by Gasteiger charge is -2.28. The molecule has 0 amide bonds. The zero-order chi connectivity index (χ0) is 10.1. The third kappa shape index (κ3) is 1.83. The molecule has 1 N–H and O–H groups in total. The molecule has 1 aliphatic heterocycles. The summed E-state index contributed by atoms with van der Waals surface area (Å²) in [5.74, 6) is 0. The first kappa shape index (κ1) is 9.74. The molecule has 1 aliphatic rings. The Hall–Kier alpha value is -0.800. The standard InChI is InChI=1S/C11H18N2O/c1-9(14)7-13-6-4-10-3-5-12(2)11(10)8-13/h3,5,9,14H,4,6-8H2,1-2H3. The van der Waals surface area contributed by atoms with Gasteiger partial charge in [-0.05, 0) is 25.0 Å². The molecule has 0 saturated heterocycles. The van der Waals surface area contributed by atoms with Gasteiger partial charge >= 0.3 is 0 Å². The van der Waals surface area contributed by atoms with Gasteiger partial charge in [0.2, 0.25) is 0 Å². The second kappa shape index (κ2) is 3.75. The van der Waals surface area contributed by atoms with Crippen LogP contribution in [0.4, 0.5) is 0 Å². The number of nitrogens with zero attached hydrogens (tertiary/aromatic N) is 2. The summed E-state index contributed by atoms with van der Waals surface area (Å²) < 4.78 is 2.18. The highest BCUT2D eigenvalue weighted by Gasteiger charge is 2.19. The molecule has 3 nitrogen and oxygen atoms in total. The first-order chi connectivity index (χ1) is 6.66. The number of hydrogen-bond donors (Lipinski definition) is 1. The van der Waals surface area contributed by atoms with E-state index < -0.39 is 0 Å². The van der Waals surface area contributed by atoms with E-state index in [1.807, 2.05) is 6.92 Å². The highest BCUT2D eigenvalue weighted by atomic mass is 16.3. The summed E-state index contributed by atoms with van der Waals surface area (Å²) in [5, 5.41) is 9.32. The molecular weight excluding hydrogens is 176 g/mol. The topological polar surface area (TPSA) is 28.4 Å². The van der Waals surface area contributed by atoms with Crippen LogP contribution in [0, 0.1) is 0 Å². The summed E-state index contributed by atoms with van der Waals surface area (Å²) in [5.41, 5.74) is 2.87. The Kier molecular flexibility index (Phi) is 2.61. The van der Waals surface area contributed by atoms with Crippen LogP contribution in [0.1, 0.15) is 18.2 Å². The van der Waals surface area contributed by atoms with Crippen LogP contribution in [0.2, 0.25) is 0 Å². The first-order valence-corrected chi connectivity index (χ1v) is 5.20. The van der Waals surface area contributed by atoms with Gasteiger partial charge in [0, 0.05) is 38.6 Å². The van der Waals surface area contributed by atoms with Crippen molar-refractivity contribution < 1.29 is 5.11 Å². The summed E-state index contributed by atoms with van der Waals surface area (Å²) in [6.45, 7) is 4.68. The second-order valence-corrected chi connectivity index (χ2v) is 4.23. The Morgan fingerprint density at radius 2 is 2.36 bits per heavy atom. The molecule has 1 unspecified atom stereocenters. The van der Waals surface area contributed by atoms with Crippen molar-refractivity contribution in [2.75, 3.05) is 13.1 Å². The van der Waals surface area contributed by atoms with Crippen molar-refractivity contribution in [3.05, 3.63) is 23.5 Å². The summed E-state index contributed by atoms with van der Waals surface area (Å²) >= 11 is 0. The maximum absolute atomic E-state index is 9.32. The molecule has 2 rings (SSSR count). The number of β-amino-alcohol motifs (C(OH)–C–C–N with tert-alkyl or cyclic N) is 1. The van der Waals surface area contributed by atoms with Crippen LogP contribution in [-0.4, -0.2) is 33.8 Å². The van der Waals surface area contributed by atoms with E-state index in [2.05, 4.69) is 28.8 Å². The monoisotopic (exact) mass is 194 g/mol. The summed E-state index contributed by atoms with van der Waals surface area (Å²) in [7, 11) is 2.09. The highest BCUT2D eigenvalue weighted by molar-refractivity contribution is 5.24. The minimum Gasteiger partial charge on any atom is -0.392 e. The number of aromatic nitrogens is 1. The Bertz CT molecular complexity index is 317. The third-order valence-electron chi connectivity index (χ3n) is 2.89. The third-order valence-corrected chi connectivity index (χ3v) is 2.89. The van der Waals surface area contributed by atoms with Crippen LogP contribution in [0.5, 0.6) is 0 Å². The van der Waals surface area contributed by atoms with E-state index in [0.717, 1.165) is 26.1 Å². The number of hydrogen-bond acceptors (Lipinski definition) is 2. The molecule has 0 bridgehead atoms. The van der Waals surface area contributed by atoms with Gasteiger partial charge in [-0.3, -0.25) is 4.90 Å². The van der Waals surface area contributed by atoms with Gasteiger partial charge < -0.3 is 9.67 Å². The van der Waals surface area contributed by atoms with Gasteiger partial charge in [-0.2, -0.15) is 0 Å². The van der Waals surface area contributed by atoms with E-state index in [-0.39, 0.29) is 6.10 Å². The van der Waals surface area contributed by atoms with Crippen molar-refractivity contribution in [3.8, 4) is 0 Å². The minimum absolute atomic E-state index is 0.225. The predicted octanol–water partition coefficient (Wildman–Crippen LogP) is 0.764. The fraction of sp³-hybridized carbons (Fsp3) is 0.636. The first-order valence-electron chi connectivity index (χ1n) is 5.20. The summed E-state index contributed by atoms with van der Waals surface area (Å²) in [6, 6.07) is 2.20. The normalized spacial score (nSPS) is 19.4. The number of aliphatic hydroxyl groups excluding tert-OH is 1. The van der Waals surface area contributed by atoms with E-state index in [4.69, 9.17) is 0 Å². The van der Waals surface area contributed by atoms with Crippen LogP contribution in [0.25, 0.3) is 0 Å². The molecular formula is C11H18N2O. The van der Waals surface area contributed by atoms with E-state index in [9.17, 15) is 5.11 Å². The Morgan fingerprint density at radius 1 is 1.57 bits per heavy atom. The number of aliphatic hydroxyl groups is 1. The maximum atomic E-state index is 9.32. The quantitative estimate of drug-likeness (QED) is 0.753. The van der Waals surface area contributed by atoms with Crippen LogP contribution in [0.3, 0.4) is 0 Å².